The van der Waals surface area contributed by atoms with Gasteiger partial charge in [0.05, 0.1) is 13.0 Å². The van der Waals surface area contributed by atoms with Crippen molar-refractivity contribution in [3.05, 3.63) is 35.9 Å². The van der Waals surface area contributed by atoms with Gasteiger partial charge < -0.3 is 37.6 Å². The molecule has 0 aliphatic heterocycles. The molecule has 4 atom stereocenters. The number of benzene rings is 1. The minimum Gasteiger partial charge on any atom is -0.480 e. The number of nitrogens with two attached hydrogens (primary N) is 2. The van der Waals surface area contributed by atoms with E-state index in [-0.39, 0.29) is 12.8 Å². The van der Waals surface area contributed by atoms with Crippen LogP contribution in [0, 0.1) is 0 Å². The van der Waals surface area contributed by atoms with Gasteiger partial charge in [0, 0.05) is 6.42 Å². The molecule has 0 aliphatic rings. The Morgan fingerprint density at radius 1 is 0.941 bits per heavy atom. The molecule has 1 rings (SSSR count). The van der Waals surface area contributed by atoms with Gasteiger partial charge in [-0.2, -0.15) is 11.8 Å². The topological polar surface area (TPSA) is 214 Å². The van der Waals surface area contributed by atoms with Gasteiger partial charge in [0.1, 0.15) is 24.2 Å². The van der Waals surface area contributed by atoms with Crippen LogP contribution in [0.25, 0.3) is 0 Å². The van der Waals surface area contributed by atoms with E-state index >= 15 is 0 Å². The fourth-order valence-corrected chi connectivity index (χ4v) is 3.34. The van der Waals surface area contributed by atoms with Gasteiger partial charge in [0.15, 0.2) is 0 Å². The number of carboxylic acids is 1. The number of carbonyl (C=O) groups is 5. The highest BCUT2D eigenvalue weighted by Gasteiger charge is 2.31. The molecule has 0 aromatic heterocycles. The lowest BCUT2D eigenvalue weighted by molar-refractivity contribution is -0.142. The van der Waals surface area contributed by atoms with Crippen LogP contribution in [0.2, 0.25) is 0 Å². The van der Waals surface area contributed by atoms with E-state index in [9.17, 15) is 29.1 Å². The lowest BCUT2D eigenvalue weighted by Gasteiger charge is -2.24. The smallest absolute Gasteiger partial charge is 0.326 e. The molecule has 1 aromatic rings. The van der Waals surface area contributed by atoms with Crippen molar-refractivity contribution < 1.29 is 34.2 Å². The van der Waals surface area contributed by atoms with E-state index in [4.69, 9.17) is 16.6 Å². The molecule has 0 saturated heterocycles. The Balaban J connectivity index is 2.98. The zero-order valence-electron chi connectivity index (χ0n) is 18.7. The molecule has 4 amide bonds. The van der Waals surface area contributed by atoms with E-state index in [0.717, 1.165) is 0 Å². The van der Waals surface area contributed by atoms with Gasteiger partial charge in [-0.15, -0.1) is 0 Å². The number of primary amides is 1. The highest BCUT2D eigenvalue weighted by Crippen LogP contribution is 2.06. The number of aliphatic hydroxyl groups is 1. The number of hydrogen-bond acceptors (Lipinski definition) is 8. The third kappa shape index (κ3) is 10.2. The van der Waals surface area contributed by atoms with Crippen LogP contribution in [0.4, 0.5) is 0 Å². The Morgan fingerprint density at radius 2 is 1.50 bits per heavy atom. The number of nitrogens with one attached hydrogen (secondary N) is 3. The predicted molar refractivity (Wildman–Crippen MR) is 125 cm³/mol. The molecule has 0 bridgehead atoms. The number of thioether (sulfide) groups is 1. The summed E-state index contributed by atoms with van der Waals surface area (Å²) in [4.78, 5) is 60.8. The summed E-state index contributed by atoms with van der Waals surface area (Å²) in [6.07, 6.45) is 1.35. The Hall–Kier alpha value is -3.16. The second-order valence-corrected chi connectivity index (χ2v) is 8.44. The maximum Gasteiger partial charge on any atom is 0.326 e. The van der Waals surface area contributed by atoms with E-state index in [1.165, 1.54) is 11.8 Å². The number of carbonyl (C=O) groups excluding carboxylic acids is 4. The number of rotatable bonds is 15. The maximum atomic E-state index is 12.8. The zero-order chi connectivity index (χ0) is 25.7. The lowest BCUT2D eigenvalue weighted by atomic mass is 10.0. The van der Waals surface area contributed by atoms with Gasteiger partial charge in [-0.25, -0.2) is 4.79 Å². The standard InChI is InChI=1S/C21H31N5O7S/c1-34-8-7-14(24-18(29)13(22)11-27)19(30)25-15(10-17(23)28)20(31)26-16(21(32)33)9-12-5-3-2-4-6-12/h2-6,13-16,27H,7-11,22H2,1H3,(H2,23,28)(H,24,29)(H,25,30)(H,26,31)(H,32,33). The molecule has 9 N–H and O–H groups in total. The van der Waals surface area contributed by atoms with Crippen molar-refractivity contribution in [2.45, 2.75) is 43.4 Å². The summed E-state index contributed by atoms with van der Waals surface area (Å²) in [7, 11) is 0. The van der Waals surface area contributed by atoms with Crippen molar-refractivity contribution in [2.75, 3.05) is 18.6 Å². The van der Waals surface area contributed by atoms with Crippen LogP contribution in [0.1, 0.15) is 18.4 Å². The molecular formula is C21H31N5O7S. The quantitative estimate of drug-likeness (QED) is 0.139. The van der Waals surface area contributed by atoms with Crippen LogP contribution in [0.5, 0.6) is 0 Å². The molecule has 34 heavy (non-hydrogen) atoms. The van der Waals surface area contributed by atoms with Gasteiger partial charge in [-0.1, -0.05) is 30.3 Å². The Morgan fingerprint density at radius 3 is 2.03 bits per heavy atom. The molecule has 188 valence electrons. The zero-order valence-corrected chi connectivity index (χ0v) is 19.5. The largest absolute Gasteiger partial charge is 0.480 e. The first-order valence-corrected chi connectivity index (χ1v) is 11.8. The first-order chi connectivity index (χ1) is 16.1. The molecule has 12 nitrogen and oxygen atoms in total. The molecular weight excluding hydrogens is 466 g/mol. The summed E-state index contributed by atoms with van der Waals surface area (Å²) in [5.41, 5.74) is 11.3. The second-order valence-electron chi connectivity index (χ2n) is 7.45. The second kappa shape index (κ2) is 14.9. The van der Waals surface area contributed by atoms with Crippen LogP contribution < -0.4 is 27.4 Å². The van der Waals surface area contributed by atoms with Gasteiger partial charge in [-0.3, -0.25) is 19.2 Å². The Kier molecular flexibility index (Phi) is 12.6. The molecule has 0 saturated carbocycles. The summed E-state index contributed by atoms with van der Waals surface area (Å²) < 4.78 is 0. The summed E-state index contributed by atoms with van der Waals surface area (Å²) in [6, 6.07) is 3.44. The number of carboxylic acid groups (broad SMARTS) is 1. The van der Waals surface area contributed by atoms with Crippen molar-refractivity contribution in [1.29, 1.82) is 0 Å². The molecule has 0 spiro atoms. The van der Waals surface area contributed by atoms with E-state index < -0.39 is 66.8 Å². The van der Waals surface area contributed by atoms with Crippen LogP contribution in [-0.2, 0) is 30.4 Å². The summed E-state index contributed by atoms with van der Waals surface area (Å²) in [5.74, 6) is -4.21. The first kappa shape index (κ1) is 28.9. The fraction of sp³-hybridized carbons (Fsp3) is 0.476. The van der Waals surface area contributed by atoms with Gasteiger partial charge in [-0.05, 0) is 24.0 Å². The normalized spacial score (nSPS) is 14.2. The van der Waals surface area contributed by atoms with Gasteiger partial charge in [0.25, 0.3) is 0 Å². The molecule has 13 heteroatoms. The molecule has 4 unspecified atom stereocenters. The van der Waals surface area contributed by atoms with Crippen molar-refractivity contribution in [3.63, 3.8) is 0 Å². The van der Waals surface area contributed by atoms with E-state index in [1.54, 1.807) is 36.6 Å². The molecule has 0 aliphatic carbocycles. The molecule has 0 radical (unpaired) electrons. The van der Waals surface area contributed by atoms with Crippen LogP contribution in [0.3, 0.4) is 0 Å². The average molecular weight is 498 g/mol. The van der Waals surface area contributed by atoms with E-state index in [0.29, 0.717) is 11.3 Å². The summed E-state index contributed by atoms with van der Waals surface area (Å²) in [6.45, 7) is -0.632. The third-order valence-electron chi connectivity index (χ3n) is 4.71. The Bertz CT molecular complexity index is 855. The third-order valence-corrected chi connectivity index (χ3v) is 5.36. The van der Waals surface area contributed by atoms with Gasteiger partial charge in [0.2, 0.25) is 23.6 Å². The maximum absolute atomic E-state index is 12.8. The number of aliphatic carboxylic acids is 1. The molecule has 1 aromatic carbocycles. The fourth-order valence-electron chi connectivity index (χ4n) is 2.87. The van der Waals surface area contributed by atoms with Crippen LogP contribution >= 0.6 is 11.8 Å². The van der Waals surface area contributed by atoms with Crippen LogP contribution in [-0.4, -0.2) is 82.6 Å². The monoisotopic (exact) mass is 497 g/mol. The predicted octanol–water partition coefficient (Wildman–Crippen LogP) is -2.28. The molecule has 0 fully saturated rings. The number of amides is 4. The van der Waals surface area contributed by atoms with Crippen LogP contribution in [0.15, 0.2) is 30.3 Å². The van der Waals surface area contributed by atoms with Gasteiger partial charge >= 0.3 is 5.97 Å². The van der Waals surface area contributed by atoms with Crippen molar-refractivity contribution >= 4 is 41.4 Å². The highest BCUT2D eigenvalue weighted by atomic mass is 32.2. The minimum absolute atomic E-state index is 0.0232. The van der Waals surface area contributed by atoms with Crippen molar-refractivity contribution in [3.8, 4) is 0 Å². The van der Waals surface area contributed by atoms with E-state index in [2.05, 4.69) is 16.0 Å². The number of aliphatic hydroxyl groups excluding tert-OH is 1. The average Bonchev–Trinajstić information content (AvgIpc) is 2.80. The molecule has 0 heterocycles. The SMILES string of the molecule is CSCCC(NC(=O)C(N)CO)C(=O)NC(CC(N)=O)C(=O)NC(Cc1ccccc1)C(=O)O. The Labute approximate surface area is 201 Å². The first-order valence-electron chi connectivity index (χ1n) is 10.4. The lowest BCUT2D eigenvalue weighted by Crippen LogP contribution is -2.58. The summed E-state index contributed by atoms with van der Waals surface area (Å²) >= 11 is 1.41. The highest BCUT2D eigenvalue weighted by molar-refractivity contribution is 7.98. The van der Waals surface area contributed by atoms with Crippen molar-refractivity contribution in [1.82, 2.24) is 16.0 Å². The van der Waals surface area contributed by atoms with Crippen molar-refractivity contribution in [2.24, 2.45) is 11.5 Å². The van der Waals surface area contributed by atoms with E-state index in [1.807, 2.05) is 0 Å². The summed E-state index contributed by atoms with van der Waals surface area (Å²) in [5, 5.41) is 25.6. The number of hydrogen-bond donors (Lipinski definition) is 7. The minimum atomic E-state index is -1.47.